The Hall–Kier alpha value is -2.59. The summed E-state index contributed by atoms with van der Waals surface area (Å²) in [5.74, 6) is -0.882. The van der Waals surface area contributed by atoms with Crippen LogP contribution in [-0.2, 0) is 32.6 Å². The molecule has 3 aromatic carbocycles. The maximum atomic E-state index is 14.1. The molecule has 40 heavy (non-hydrogen) atoms. The van der Waals surface area contributed by atoms with E-state index >= 15 is 0 Å². The maximum Gasteiger partial charge on any atom is 0.244 e. The van der Waals surface area contributed by atoms with Crippen molar-refractivity contribution in [2.75, 3.05) is 23.7 Å². The minimum absolute atomic E-state index is 0.0242. The number of nitrogens with one attached hydrogen (secondary N) is 1. The summed E-state index contributed by atoms with van der Waals surface area (Å²) in [6.07, 6.45) is 2.94. The van der Waals surface area contributed by atoms with Crippen molar-refractivity contribution < 1.29 is 18.0 Å². The van der Waals surface area contributed by atoms with E-state index in [-0.39, 0.29) is 18.9 Å². The second kappa shape index (κ2) is 14.9. The monoisotopic (exact) mass is 667 g/mol. The third kappa shape index (κ3) is 9.23. The lowest BCUT2D eigenvalue weighted by atomic mass is 10.0. The van der Waals surface area contributed by atoms with Gasteiger partial charge in [-0.25, -0.2) is 8.42 Å². The zero-order valence-corrected chi connectivity index (χ0v) is 26.2. The Bertz CT molecular complexity index is 1420. The predicted molar refractivity (Wildman–Crippen MR) is 165 cm³/mol. The van der Waals surface area contributed by atoms with Crippen molar-refractivity contribution >= 4 is 66.7 Å². The topological polar surface area (TPSA) is 86.8 Å². The number of sulfonamides is 1. The van der Waals surface area contributed by atoms with Crippen molar-refractivity contribution in [3.8, 4) is 0 Å². The van der Waals surface area contributed by atoms with E-state index in [4.69, 9.17) is 23.2 Å². The Morgan fingerprint density at radius 1 is 1.00 bits per heavy atom. The first-order chi connectivity index (χ1) is 19.0. The standard InChI is InChI=1S/C29H32BrCl2N3O4S/c1-3-4-15-33-29(37)27(16-21-9-6-5-7-10-21)34(19-22-13-14-24(31)18-26(22)32)28(36)20-35(40(2,38)39)25-12-8-11-23(30)17-25/h5-14,17-18,27H,3-4,15-16,19-20H2,1-2H3,(H,33,37). The Morgan fingerprint density at radius 3 is 2.35 bits per heavy atom. The quantitative estimate of drug-likeness (QED) is 0.224. The van der Waals surface area contributed by atoms with Crippen LogP contribution >= 0.6 is 39.1 Å². The van der Waals surface area contributed by atoms with Crippen molar-refractivity contribution in [3.63, 3.8) is 0 Å². The van der Waals surface area contributed by atoms with Crippen LogP contribution in [0.4, 0.5) is 5.69 Å². The summed E-state index contributed by atoms with van der Waals surface area (Å²) in [6, 6.07) is 20.0. The number of hydrogen-bond acceptors (Lipinski definition) is 4. The van der Waals surface area contributed by atoms with Gasteiger partial charge in [0, 0.05) is 34.0 Å². The van der Waals surface area contributed by atoms with Crippen molar-refractivity contribution in [2.45, 2.75) is 38.8 Å². The number of carbonyl (C=O) groups is 2. The molecule has 3 rings (SSSR count). The fourth-order valence-electron chi connectivity index (χ4n) is 4.14. The Kier molecular flexibility index (Phi) is 11.9. The number of nitrogens with zero attached hydrogens (tertiary/aromatic N) is 2. The number of amides is 2. The predicted octanol–water partition coefficient (Wildman–Crippen LogP) is 6.08. The largest absolute Gasteiger partial charge is 0.354 e. The molecule has 0 aliphatic rings. The summed E-state index contributed by atoms with van der Waals surface area (Å²) >= 11 is 15.9. The first-order valence-corrected chi connectivity index (χ1v) is 16.2. The van der Waals surface area contributed by atoms with Crippen molar-refractivity contribution in [1.82, 2.24) is 10.2 Å². The van der Waals surface area contributed by atoms with E-state index in [9.17, 15) is 18.0 Å². The number of benzene rings is 3. The molecule has 2 amide bonds. The molecule has 0 fully saturated rings. The lowest BCUT2D eigenvalue weighted by Crippen LogP contribution is -2.53. The van der Waals surface area contributed by atoms with Crippen LogP contribution in [0.1, 0.15) is 30.9 Å². The summed E-state index contributed by atoms with van der Waals surface area (Å²) in [6.45, 7) is 1.95. The third-order valence-electron chi connectivity index (χ3n) is 6.23. The first-order valence-electron chi connectivity index (χ1n) is 12.8. The molecule has 0 spiro atoms. The van der Waals surface area contributed by atoms with Gasteiger partial charge in [-0.3, -0.25) is 13.9 Å². The van der Waals surface area contributed by atoms with Gasteiger partial charge in [0.2, 0.25) is 21.8 Å². The fraction of sp³-hybridized carbons (Fsp3) is 0.310. The minimum atomic E-state index is -3.85. The molecule has 1 atom stereocenters. The molecule has 0 saturated carbocycles. The van der Waals surface area contributed by atoms with Crippen LogP contribution in [0.5, 0.6) is 0 Å². The van der Waals surface area contributed by atoms with Gasteiger partial charge in [0.1, 0.15) is 12.6 Å². The molecule has 1 unspecified atom stereocenters. The van der Waals surface area contributed by atoms with Gasteiger partial charge >= 0.3 is 0 Å². The first kappa shape index (κ1) is 31.9. The normalized spacial score (nSPS) is 12.0. The molecule has 0 aliphatic heterocycles. The maximum absolute atomic E-state index is 14.1. The molecule has 1 N–H and O–H groups in total. The number of carbonyl (C=O) groups excluding carboxylic acids is 2. The van der Waals surface area contributed by atoms with Gasteiger partial charge in [-0.15, -0.1) is 0 Å². The zero-order chi connectivity index (χ0) is 29.3. The van der Waals surface area contributed by atoms with Gasteiger partial charge in [-0.1, -0.05) is 94.9 Å². The third-order valence-corrected chi connectivity index (χ3v) is 8.45. The van der Waals surface area contributed by atoms with E-state index in [1.165, 1.54) is 4.90 Å². The number of rotatable bonds is 13. The average molecular weight is 669 g/mol. The molecule has 0 aromatic heterocycles. The van der Waals surface area contributed by atoms with Crippen molar-refractivity contribution in [2.24, 2.45) is 0 Å². The van der Waals surface area contributed by atoms with Crippen LogP contribution in [0.15, 0.2) is 77.3 Å². The van der Waals surface area contributed by atoms with Crippen LogP contribution in [0.2, 0.25) is 10.0 Å². The van der Waals surface area contributed by atoms with E-state index in [1.54, 1.807) is 42.5 Å². The molecule has 0 aliphatic carbocycles. The fourth-order valence-corrected chi connectivity index (χ4v) is 5.84. The molecular formula is C29H32BrCl2N3O4S. The molecule has 7 nitrogen and oxygen atoms in total. The van der Waals surface area contributed by atoms with Crippen LogP contribution in [0.25, 0.3) is 0 Å². The second-order valence-corrected chi connectivity index (χ2v) is 13.0. The Balaban J connectivity index is 2.06. The Labute approximate surface area is 254 Å². The molecule has 0 bridgehead atoms. The number of unbranched alkanes of at least 4 members (excludes halogenated alkanes) is 1. The highest BCUT2D eigenvalue weighted by Crippen LogP contribution is 2.26. The van der Waals surface area contributed by atoms with E-state index in [1.807, 2.05) is 37.3 Å². The minimum Gasteiger partial charge on any atom is -0.354 e. The average Bonchev–Trinajstić information content (AvgIpc) is 2.90. The van der Waals surface area contributed by atoms with E-state index in [0.717, 1.165) is 29.0 Å². The lowest BCUT2D eigenvalue weighted by molar-refractivity contribution is -0.140. The van der Waals surface area contributed by atoms with Crippen LogP contribution in [0, 0.1) is 0 Å². The summed E-state index contributed by atoms with van der Waals surface area (Å²) in [7, 11) is -3.85. The molecule has 11 heteroatoms. The van der Waals surface area contributed by atoms with Crippen LogP contribution < -0.4 is 9.62 Å². The van der Waals surface area contributed by atoms with Gasteiger partial charge < -0.3 is 10.2 Å². The number of anilines is 1. The van der Waals surface area contributed by atoms with Crippen LogP contribution in [0.3, 0.4) is 0 Å². The lowest BCUT2D eigenvalue weighted by Gasteiger charge is -2.33. The van der Waals surface area contributed by atoms with Gasteiger partial charge in [-0.05, 0) is 47.9 Å². The summed E-state index contributed by atoms with van der Waals surface area (Å²) in [5, 5.41) is 3.71. The SMILES string of the molecule is CCCCNC(=O)C(Cc1ccccc1)N(Cc1ccc(Cl)cc1Cl)C(=O)CN(c1cccc(Br)c1)S(C)(=O)=O. The highest BCUT2D eigenvalue weighted by Gasteiger charge is 2.33. The van der Waals surface area contributed by atoms with Gasteiger partial charge in [-0.2, -0.15) is 0 Å². The zero-order valence-electron chi connectivity index (χ0n) is 22.3. The Morgan fingerprint density at radius 2 is 1.73 bits per heavy atom. The van der Waals surface area contributed by atoms with E-state index in [0.29, 0.717) is 32.3 Å². The van der Waals surface area contributed by atoms with E-state index < -0.39 is 28.5 Å². The van der Waals surface area contributed by atoms with Crippen molar-refractivity contribution in [3.05, 3.63) is 98.4 Å². The molecule has 0 radical (unpaired) electrons. The summed E-state index contributed by atoms with van der Waals surface area (Å²) < 4.78 is 27.4. The van der Waals surface area contributed by atoms with Gasteiger partial charge in [0.15, 0.2) is 0 Å². The molecule has 3 aromatic rings. The molecule has 0 heterocycles. The molecule has 0 saturated heterocycles. The molecular weight excluding hydrogens is 637 g/mol. The van der Waals surface area contributed by atoms with Crippen LogP contribution in [-0.4, -0.2) is 50.5 Å². The smallest absolute Gasteiger partial charge is 0.244 e. The summed E-state index contributed by atoms with van der Waals surface area (Å²) in [4.78, 5) is 29.1. The highest BCUT2D eigenvalue weighted by molar-refractivity contribution is 9.10. The van der Waals surface area contributed by atoms with Gasteiger partial charge in [0.05, 0.1) is 11.9 Å². The second-order valence-electron chi connectivity index (χ2n) is 9.36. The van der Waals surface area contributed by atoms with Crippen molar-refractivity contribution in [1.29, 1.82) is 0 Å². The van der Waals surface area contributed by atoms with E-state index in [2.05, 4.69) is 21.2 Å². The van der Waals surface area contributed by atoms with Gasteiger partial charge in [0.25, 0.3) is 0 Å². The number of halogens is 3. The number of hydrogen-bond donors (Lipinski definition) is 1. The highest BCUT2D eigenvalue weighted by atomic mass is 79.9. The summed E-state index contributed by atoms with van der Waals surface area (Å²) in [5.41, 5.74) is 1.75. The molecule has 214 valence electrons.